The lowest BCUT2D eigenvalue weighted by Crippen LogP contribution is -2.03. The van der Waals surface area contributed by atoms with Gasteiger partial charge in [-0.3, -0.25) is 0 Å². The van der Waals surface area contributed by atoms with E-state index in [9.17, 15) is 0 Å². The van der Waals surface area contributed by atoms with E-state index in [0.29, 0.717) is 0 Å². The zero-order valence-corrected chi connectivity index (χ0v) is 11.7. The molecule has 0 radical (unpaired) electrons. The van der Waals surface area contributed by atoms with Gasteiger partial charge in [-0.05, 0) is 60.8 Å². The van der Waals surface area contributed by atoms with Crippen molar-refractivity contribution < 1.29 is 0 Å². The molecule has 16 heavy (non-hydrogen) atoms. The normalized spacial score (nSPS) is 11.5. The molecular weight excluding hydrogens is 192 g/mol. The number of hydrogen-bond acceptors (Lipinski definition) is 0. The molecule has 0 unspecified atom stereocenters. The van der Waals surface area contributed by atoms with Crippen molar-refractivity contribution in [3.63, 3.8) is 0 Å². The monoisotopic (exact) mass is 218 g/mol. The Morgan fingerprint density at radius 2 is 1.12 bits per heavy atom. The Morgan fingerprint density at radius 3 is 1.44 bits per heavy atom. The van der Waals surface area contributed by atoms with E-state index in [1.807, 2.05) is 0 Å². The van der Waals surface area contributed by atoms with Gasteiger partial charge >= 0.3 is 0 Å². The summed E-state index contributed by atoms with van der Waals surface area (Å²) < 4.78 is 0. The van der Waals surface area contributed by atoms with Gasteiger partial charge in [0.15, 0.2) is 0 Å². The summed E-state index contributed by atoms with van der Waals surface area (Å²) in [6, 6.07) is 4.79. The van der Waals surface area contributed by atoms with E-state index >= 15 is 0 Å². The van der Waals surface area contributed by atoms with Crippen LogP contribution in [0, 0.1) is 25.7 Å². The van der Waals surface area contributed by atoms with Gasteiger partial charge in [-0.15, -0.1) is 0 Å². The SMILES string of the molecule is Cc1cc(C)c(CC(C)C)cc1CC(C)C. The van der Waals surface area contributed by atoms with E-state index in [1.54, 1.807) is 0 Å². The molecule has 90 valence electrons. The summed E-state index contributed by atoms with van der Waals surface area (Å²) in [6.45, 7) is 13.7. The van der Waals surface area contributed by atoms with Crippen LogP contribution in [0.4, 0.5) is 0 Å². The van der Waals surface area contributed by atoms with Gasteiger partial charge < -0.3 is 0 Å². The molecule has 0 aliphatic rings. The molecule has 1 aromatic carbocycles. The maximum Gasteiger partial charge on any atom is -0.0253 e. The second kappa shape index (κ2) is 5.52. The molecule has 0 bridgehead atoms. The van der Waals surface area contributed by atoms with Crippen LogP contribution >= 0.6 is 0 Å². The lowest BCUT2D eigenvalue weighted by molar-refractivity contribution is 0.632. The van der Waals surface area contributed by atoms with E-state index in [2.05, 4.69) is 53.7 Å². The van der Waals surface area contributed by atoms with Gasteiger partial charge in [0.1, 0.15) is 0 Å². The maximum absolute atomic E-state index is 2.44. The van der Waals surface area contributed by atoms with Gasteiger partial charge in [0.25, 0.3) is 0 Å². The molecule has 1 aromatic rings. The van der Waals surface area contributed by atoms with Crippen LogP contribution in [0.25, 0.3) is 0 Å². The van der Waals surface area contributed by atoms with Gasteiger partial charge in [-0.2, -0.15) is 0 Å². The number of rotatable bonds is 4. The van der Waals surface area contributed by atoms with Gasteiger partial charge in [0.05, 0.1) is 0 Å². The predicted octanol–water partition coefficient (Wildman–Crippen LogP) is 4.70. The first kappa shape index (κ1) is 13.3. The van der Waals surface area contributed by atoms with E-state index in [4.69, 9.17) is 0 Å². The minimum Gasteiger partial charge on any atom is -0.0625 e. The second-order valence-corrected chi connectivity index (χ2v) is 5.90. The highest BCUT2D eigenvalue weighted by atomic mass is 14.1. The summed E-state index contributed by atoms with van der Waals surface area (Å²) in [5.74, 6) is 1.49. The summed E-state index contributed by atoms with van der Waals surface area (Å²) in [4.78, 5) is 0. The van der Waals surface area contributed by atoms with Crippen LogP contribution < -0.4 is 0 Å². The first-order valence-corrected chi connectivity index (χ1v) is 6.49. The van der Waals surface area contributed by atoms with Crippen molar-refractivity contribution in [1.29, 1.82) is 0 Å². The van der Waals surface area contributed by atoms with Crippen molar-refractivity contribution in [2.24, 2.45) is 11.8 Å². The standard InChI is InChI=1S/C16H26/c1-11(2)7-15-10-16(8-12(3)4)14(6)9-13(15)5/h9-12H,7-8H2,1-6H3. The van der Waals surface area contributed by atoms with E-state index in [0.717, 1.165) is 11.8 Å². The Morgan fingerprint density at radius 1 is 0.750 bits per heavy atom. The molecule has 0 heterocycles. The zero-order valence-electron chi connectivity index (χ0n) is 11.7. The van der Waals surface area contributed by atoms with Gasteiger partial charge in [-0.1, -0.05) is 39.8 Å². The maximum atomic E-state index is 2.44. The Labute approximate surface area is 101 Å². The van der Waals surface area contributed by atoms with Crippen molar-refractivity contribution in [3.8, 4) is 0 Å². The quantitative estimate of drug-likeness (QED) is 0.687. The highest BCUT2D eigenvalue weighted by Crippen LogP contribution is 2.21. The Bertz CT molecular complexity index is 314. The summed E-state index contributed by atoms with van der Waals surface area (Å²) in [5, 5.41) is 0. The van der Waals surface area contributed by atoms with Gasteiger partial charge in [0.2, 0.25) is 0 Å². The fraction of sp³-hybridized carbons (Fsp3) is 0.625. The van der Waals surface area contributed by atoms with Crippen LogP contribution in [-0.2, 0) is 12.8 Å². The first-order chi connectivity index (χ1) is 7.40. The fourth-order valence-electron chi connectivity index (χ4n) is 2.27. The summed E-state index contributed by atoms with van der Waals surface area (Å²) >= 11 is 0. The van der Waals surface area contributed by atoms with Gasteiger partial charge in [0, 0.05) is 0 Å². The van der Waals surface area contributed by atoms with Crippen molar-refractivity contribution in [2.45, 2.75) is 54.4 Å². The molecule has 0 atom stereocenters. The first-order valence-electron chi connectivity index (χ1n) is 6.49. The molecule has 0 fully saturated rings. The van der Waals surface area contributed by atoms with Crippen LogP contribution in [-0.4, -0.2) is 0 Å². The topological polar surface area (TPSA) is 0 Å². The Hall–Kier alpha value is -0.780. The average Bonchev–Trinajstić information content (AvgIpc) is 2.11. The molecule has 0 aliphatic carbocycles. The molecule has 1 rings (SSSR count). The molecule has 0 aromatic heterocycles. The van der Waals surface area contributed by atoms with E-state index in [1.165, 1.54) is 35.1 Å². The van der Waals surface area contributed by atoms with Crippen LogP contribution in [0.1, 0.15) is 49.9 Å². The number of hydrogen-bond donors (Lipinski definition) is 0. The molecule has 0 heteroatoms. The molecular formula is C16H26. The molecule has 0 amide bonds. The fourth-order valence-corrected chi connectivity index (χ4v) is 2.27. The summed E-state index contributed by atoms with van der Waals surface area (Å²) in [7, 11) is 0. The second-order valence-electron chi connectivity index (χ2n) is 5.90. The number of aryl methyl sites for hydroxylation is 2. The minimum atomic E-state index is 0.744. The molecule has 0 spiro atoms. The van der Waals surface area contributed by atoms with Crippen molar-refractivity contribution in [2.75, 3.05) is 0 Å². The smallest absolute Gasteiger partial charge is 0.0253 e. The molecule has 0 saturated carbocycles. The van der Waals surface area contributed by atoms with Crippen molar-refractivity contribution in [3.05, 3.63) is 34.4 Å². The largest absolute Gasteiger partial charge is 0.0625 e. The van der Waals surface area contributed by atoms with Gasteiger partial charge in [-0.25, -0.2) is 0 Å². The lowest BCUT2D eigenvalue weighted by atomic mass is 9.91. The van der Waals surface area contributed by atoms with Crippen LogP contribution in [0.3, 0.4) is 0 Å². The minimum absolute atomic E-state index is 0.744. The van der Waals surface area contributed by atoms with Crippen molar-refractivity contribution >= 4 is 0 Å². The third kappa shape index (κ3) is 3.66. The molecule has 0 N–H and O–H groups in total. The Kier molecular flexibility index (Phi) is 4.58. The molecule has 0 saturated heterocycles. The van der Waals surface area contributed by atoms with Crippen LogP contribution in [0.5, 0.6) is 0 Å². The van der Waals surface area contributed by atoms with E-state index in [-0.39, 0.29) is 0 Å². The number of benzene rings is 1. The summed E-state index contributed by atoms with van der Waals surface area (Å²) in [6.07, 6.45) is 2.41. The third-order valence-corrected chi connectivity index (χ3v) is 3.05. The van der Waals surface area contributed by atoms with Crippen LogP contribution in [0.2, 0.25) is 0 Å². The summed E-state index contributed by atoms with van der Waals surface area (Å²) in [5.41, 5.74) is 5.99. The third-order valence-electron chi connectivity index (χ3n) is 3.05. The van der Waals surface area contributed by atoms with Crippen molar-refractivity contribution in [1.82, 2.24) is 0 Å². The lowest BCUT2D eigenvalue weighted by Gasteiger charge is -2.15. The van der Waals surface area contributed by atoms with E-state index < -0.39 is 0 Å². The Balaban J connectivity index is 3.01. The predicted molar refractivity (Wildman–Crippen MR) is 73.0 cm³/mol. The highest BCUT2D eigenvalue weighted by molar-refractivity contribution is 5.37. The zero-order chi connectivity index (χ0) is 12.3. The molecule has 0 nitrogen and oxygen atoms in total. The molecule has 0 aliphatic heterocycles. The average molecular weight is 218 g/mol. The van der Waals surface area contributed by atoms with Crippen LogP contribution in [0.15, 0.2) is 12.1 Å². The highest BCUT2D eigenvalue weighted by Gasteiger charge is 2.07.